The molecule has 4 heterocycles. The molecule has 0 aromatic carbocycles. The van der Waals surface area contributed by atoms with Crippen molar-refractivity contribution in [1.29, 1.82) is 0 Å². The number of nitrogens with zero attached hydrogens (tertiary/aromatic N) is 3. The summed E-state index contributed by atoms with van der Waals surface area (Å²) in [5.74, 6) is 1.15. The van der Waals surface area contributed by atoms with Crippen molar-refractivity contribution >= 4 is 33.7 Å². The average molecular weight is 372 g/mol. The number of thiazole rings is 1. The second kappa shape index (κ2) is 6.99. The van der Waals surface area contributed by atoms with E-state index in [9.17, 15) is 4.79 Å². The zero-order chi connectivity index (χ0) is 17.1. The monoisotopic (exact) mass is 372 g/mol. The molecule has 0 atom stereocenters. The SMILES string of the molecule is O=C(CCc1nc(-c2ccco2)no1)Nc1nc(-c2cccs2)cs1. The maximum atomic E-state index is 12.1. The molecular formula is C16H12N4O3S2. The van der Waals surface area contributed by atoms with E-state index in [1.54, 1.807) is 23.5 Å². The maximum absolute atomic E-state index is 12.1. The third-order valence-electron chi connectivity index (χ3n) is 3.30. The summed E-state index contributed by atoms with van der Waals surface area (Å²) in [4.78, 5) is 21.8. The first-order chi connectivity index (χ1) is 12.3. The minimum absolute atomic E-state index is 0.148. The fraction of sp³-hybridized carbons (Fsp3) is 0.125. The molecule has 0 fully saturated rings. The topological polar surface area (TPSA) is 94.0 Å². The van der Waals surface area contributed by atoms with Crippen LogP contribution >= 0.6 is 22.7 Å². The fourth-order valence-electron chi connectivity index (χ4n) is 2.13. The fourth-order valence-corrected chi connectivity index (χ4v) is 3.62. The summed E-state index contributed by atoms with van der Waals surface area (Å²) in [5, 5.41) is 11.1. The van der Waals surface area contributed by atoms with E-state index in [2.05, 4.69) is 20.4 Å². The Hall–Kier alpha value is -2.78. The first kappa shape index (κ1) is 15.7. The predicted octanol–water partition coefficient (Wildman–Crippen LogP) is 4.09. The lowest BCUT2D eigenvalue weighted by molar-refractivity contribution is -0.116. The Labute approximate surface area is 150 Å². The van der Waals surface area contributed by atoms with Crippen molar-refractivity contribution in [2.45, 2.75) is 12.8 Å². The molecule has 0 aliphatic carbocycles. The van der Waals surface area contributed by atoms with Crippen LogP contribution in [0.15, 0.2) is 50.2 Å². The summed E-state index contributed by atoms with van der Waals surface area (Å²) >= 11 is 3.01. The smallest absolute Gasteiger partial charge is 0.238 e. The van der Waals surface area contributed by atoms with Gasteiger partial charge in [-0.2, -0.15) is 4.98 Å². The van der Waals surface area contributed by atoms with Crippen molar-refractivity contribution in [2.75, 3.05) is 5.32 Å². The van der Waals surface area contributed by atoms with Crippen LogP contribution in [0.5, 0.6) is 0 Å². The number of anilines is 1. The molecule has 0 bridgehead atoms. The number of furan rings is 1. The first-order valence-electron chi connectivity index (χ1n) is 7.43. The third kappa shape index (κ3) is 3.67. The molecular weight excluding hydrogens is 360 g/mol. The zero-order valence-corrected chi connectivity index (χ0v) is 14.5. The van der Waals surface area contributed by atoms with Crippen LogP contribution < -0.4 is 5.32 Å². The van der Waals surface area contributed by atoms with Crippen LogP contribution in [0.1, 0.15) is 12.3 Å². The molecule has 0 aliphatic heterocycles. The van der Waals surface area contributed by atoms with Crippen molar-refractivity contribution in [1.82, 2.24) is 15.1 Å². The van der Waals surface area contributed by atoms with E-state index in [4.69, 9.17) is 8.94 Å². The third-order valence-corrected chi connectivity index (χ3v) is 4.95. The molecule has 4 aromatic rings. The van der Waals surface area contributed by atoms with E-state index in [0.717, 1.165) is 10.6 Å². The summed E-state index contributed by atoms with van der Waals surface area (Å²) in [6, 6.07) is 7.46. The molecule has 0 spiro atoms. The minimum atomic E-state index is -0.148. The molecule has 7 nitrogen and oxygen atoms in total. The number of hydrogen-bond acceptors (Lipinski definition) is 8. The Morgan fingerprint density at radius 1 is 1.20 bits per heavy atom. The molecule has 1 N–H and O–H groups in total. The van der Waals surface area contributed by atoms with Gasteiger partial charge in [-0.25, -0.2) is 4.98 Å². The lowest BCUT2D eigenvalue weighted by Crippen LogP contribution is -2.12. The minimum Gasteiger partial charge on any atom is -0.461 e. The van der Waals surface area contributed by atoms with Crippen molar-refractivity contribution in [3.8, 4) is 22.2 Å². The van der Waals surface area contributed by atoms with E-state index >= 15 is 0 Å². The molecule has 0 aliphatic rings. The van der Waals surface area contributed by atoms with Gasteiger partial charge in [0, 0.05) is 18.2 Å². The summed E-state index contributed by atoms with van der Waals surface area (Å²) in [6.45, 7) is 0. The molecule has 4 rings (SSSR count). The molecule has 0 saturated carbocycles. The summed E-state index contributed by atoms with van der Waals surface area (Å²) in [6.07, 6.45) is 2.12. The van der Waals surface area contributed by atoms with Crippen molar-refractivity contribution in [3.05, 3.63) is 47.2 Å². The van der Waals surface area contributed by atoms with Gasteiger partial charge < -0.3 is 14.3 Å². The number of carbonyl (C=O) groups is 1. The van der Waals surface area contributed by atoms with Gasteiger partial charge in [-0.05, 0) is 23.6 Å². The first-order valence-corrected chi connectivity index (χ1v) is 9.19. The number of hydrogen-bond donors (Lipinski definition) is 1. The number of thiophene rings is 1. The summed E-state index contributed by atoms with van der Waals surface area (Å²) in [7, 11) is 0. The van der Waals surface area contributed by atoms with Gasteiger partial charge in [-0.1, -0.05) is 11.2 Å². The standard InChI is InChI=1S/C16H12N4O3S2/c21-13(18-16-17-10(9-25-16)12-4-2-8-24-12)5-6-14-19-15(20-23-14)11-3-1-7-22-11/h1-4,7-9H,5-6H2,(H,17,18,21). The number of carbonyl (C=O) groups excluding carboxylic acids is 1. The highest BCUT2D eigenvalue weighted by Gasteiger charge is 2.13. The normalized spacial score (nSPS) is 10.9. The van der Waals surface area contributed by atoms with Crippen LogP contribution in [0.2, 0.25) is 0 Å². The second-order valence-corrected chi connectivity index (χ2v) is 6.86. The lowest BCUT2D eigenvalue weighted by Gasteiger charge is -1.99. The number of amides is 1. The van der Waals surface area contributed by atoms with E-state index < -0.39 is 0 Å². The number of nitrogens with one attached hydrogen (secondary N) is 1. The van der Waals surface area contributed by atoms with E-state index in [1.807, 2.05) is 22.9 Å². The highest BCUT2D eigenvalue weighted by molar-refractivity contribution is 7.16. The van der Waals surface area contributed by atoms with Crippen molar-refractivity contribution in [2.24, 2.45) is 0 Å². The molecule has 25 heavy (non-hydrogen) atoms. The Morgan fingerprint density at radius 2 is 2.16 bits per heavy atom. The molecule has 1 amide bonds. The quantitative estimate of drug-likeness (QED) is 0.548. The Morgan fingerprint density at radius 3 is 2.96 bits per heavy atom. The van der Waals surface area contributed by atoms with Gasteiger partial charge in [-0.15, -0.1) is 22.7 Å². The van der Waals surface area contributed by atoms with Crippen LogP contribution in [-0.2, 0) is 11.2 Å². The van der Waals surface area contributed by atoms with Gasteiger partial charge in [0.2, 0.25) is 17.6 Å². The van der Waals surface area contributed by atoms with Gasteiger partial charge in [0.05, 0.1) is 16.8 Å². The van der Waals surface area contributed by atoms with Gasteiger partial charge in [-0.3, -0.25) is 4.79 Å². The van der Waals surface area contributed by atoms with Gasteiger partial charge in [0.15, 0.2) is 10.9 Å². The maximum Gasteiger partial charge on any atom is 0.238 e. The Balaban J connectivity index is 1.32. The lowest BCUT2D eigenvalue weighted by atomic mass is 10.3. The van der Waals surface area contributed by atoms with Gasteiger partial charge in [0.25, 0.3) is 0 Å². The average Bonchev–Trinajstić information content (AvgIpc) is 3.40. The summed E-state index contributed by atoms with van der Waals surface area (Å²) < 4.78 is 10.3. The van der Waals surface area contributed by atoms with E-state index in [0.29, 0.717) is 29.0 Å². The van der Waals surface area contributed by atoms with Crippen molar-refractivity contribution in [3.63, 3.8) is 0 Å². The number of aryl methyl sites for hydroxylation is 1. The largest absolute Gasteiger partial charge is 0.461 e. The molecule has 0 radical (unpaired) electrons. The van der Waals surface area contributed by atoms with Crippen LogP contribution in [0.4, 0.5) is 5.13 Å². The van der Waals surface area contributed by atoms with Crippen LogP contribution in [-0.4, -0.2) is 21.0 Å². The van der Waals surface area contributed by atoms with Crippen molar-refractivity contribution < 1.29 is 13.7 Å². The highest BCUT2D eigenvalue weighted by atomic mass is 32.1. The molecule has 9 heteroatoms. The number of rotatable bonds is 6. The number of aromatic nitrogens is 3. The van der Waals surface area contributed by atoms with E-state index in [-0.39, 0.29) is 12.3 Å². The molecule has 0 unspecified atom stereocenters. The van der Waals surface area contributed by atoms with Crippen LogP contribution in [0, 0.1) is 0 Å². The Kier molecular flexibility index (Phi) is 4.40. The predicted molar refractivity (Wildman–Crippen MR) is 94.4 cm³/mol. The van der Waals surface area contributed by atoms with Crippen LogP contribution in [0.3, 0.4) is 0 Å². The van der Waals surface area contributed by atoms with E-state index in [1.165, 1.54) is 17.6 Å². The van der Waals surface area contributed by atoms with Crippen LogP contribution in [0.25, 0.3) is 22.2 Å². The zero-order valence-electron chi connectivity index (χ0n) is 12.8. The highest BCUT2D eigenvalue weighted by Crippen LogP contribution is 2.28. The Bertz CT molecular complexity index is 958. The summed E-state index contributed by atoms with van der Waals surface area (Å²) in [5.41, 5.74) is 0.871. The molecule has 0 saturated heterocycles. The van der Waals surface area contributed by atoms with Gasteiger partial charge >= 0.3 is 0 Å². The molecule has 126 valence electrons. The molecule has 4 aromatic heterocycles. The van der Waals surface area contributed by atoms with Gasteiger partial charge in [0.1, 0.15) is 0 Å². The second-order valence-electron chi connectivity index (χ2n) is 5.05.